The summed E-state index contributed by atoms with van der Waals surface area (Å²) in [5.41, 5.74) is 0.991. The smallest absolute Gasteiger partial charge is 0.348 e. The highest BCUT2D eigenvalue weighted by Crippen LogP contribution is 2.34. The van der Waals surface area contributed by atoms with Crippen LogP contribution in [0.15, 0.2) is 28.7 Å². The molecule has 0 saturated carbocycles. The summed E-state index contributed by atoms with van der Waals surface area (Å²) in [4.78, 5) is 36.9. The molecule has 1 heterocycles. The average molecular weight is 426 g/mol. The molecule has 0 fully saturated rings. The third-order valence-electron chi connectivity index (χ3n) is 3.31. The van der Waals surface area contributed by atoms with Crippen molar-refractivity contribution < 1.29 is 23.9 Å². The first-order valence-corrected chi connectivity index (χ1v) is 8.95. The molecule has 2 rings (SSSR count). The van der Waals surface area contributed by atoms with E-state index in [2.05, 4.69) is 21.2 Å². The third kappa shape index (κ3) is 4.26. The van der Waals surface area contributed by atoms with Crippen LogP contribution in [0.2, 0.25) is 0 Å². The molecule has 25 heavy (non-hydrogen) atoms. The van der Waals surface area contributed by atoms with Crippen LogP contribution in [0.4, 0.5) is 5.00 Å². The Kier molecular flexibility index (Phi) is 6.33. The Balaban J connectivity index is 2.43. The van der Waals surface area contributed by atoms with Crippen LogP contribution in [-0.4, -0.2) is 31.6 Å². The lowest BCUT2D eigenvalue weighted by Gasteiger charge is -2.07. The van der Waals surface area contributed by atoms with E-state index < -0.39 is 17.8 Å². The summed E-state index contributed by atoms with van der Waals surface area (Å²) in [6, 6.07) is 6.82. The summed E-state index contributed by atoms with van der Waals surface area (Å²) in [6.07, 6.45) is 0. The van der Waals surface area contributed by atoms with Crippen molar-refractivity contribution in [2.75, 3.05) is 19.0 Å². The van der Waals surface area contributed by atoms with Gasteiger partial charge in [-0.25, -0.2) is 9.59 Å². The van der Waals surface area contributed by atoms with Gasteiger partial charge in [-0.15, -0.1) is 11.3 Å². The lowest BCUT2D eigenvalue weighted by atomic mass is 10.1. The molecule has 132 valence electrons. The molecule has 6 nitrogen and oxygen atoms in total. The maximum Gasteiger partial charge on any atom is 0.348 e. The maximum atomic E-state index is 12.5. The molecule has 1 aromatic carbocycles. The maximum absolute atomic E-state index is 12.5. The SMILES string of the molecule is CCOC(=O)c1c(NC(=O)c2cccc(Br)c2)sc(C(=O)OC)c1C. The first-order chi connectivity index (χ1) is 11.9. The monoisotopic (exact) mass is 425 g/mol. The number of rotatable bonds is 5. The predicted molar refractivity (Wildman–Crippen MR) is 98.4 cm³/mol. The number of benzene rings is 1. The van der Waals surface area contributed by atoms with Crippen molar-refractivity contribution in [1.82, 2.24) is 0 Å². The number of ether oxygens (including phenoxy) is 2. The molecule has 0 bridgehead atoms. The summed E-state index contributed by atoms with van der Waals surface area (Å²) < 4.78 is 10.5. The Labute approximate surface area is 157 Å². The number of halogens is 1. The number of hydrogen-bond acceptors (Lipinski definition) is 6. The van der Waals surface area contributed by atoms with E-state index in [0.29, 0.717) is 11.1 Å². The molecule has 1 aromatic heterocycles. The van der Waals surface area contributed by atoms with Crippen molar-refractivity contribution in [1.29, 1.82) is 0 Å². The fraction of sp³-hybridized carbons (Fsp3) is 0.235. The highest BCUT2D eigenvalue weighted by Gasteiger charge is 2.27. The molecule has 2 aromatic rings. The second kappa shape index (κ2) is 8.26. The number of nitrogens with one attached hydrogen (secondary N) is 1. The Morgan fingerprint density at radius 3 is 2.56 bits per heavy atom. The van der Waals surface area contributed by atoms with Crippen molar-refractivity contribution in [3.05, 3.63) is 50.3 Å². The van der Waals surface area contributed by atoms with E-state index in [-0.39, 0.29) is 22.0 Å². The number of carbonyl (C=O) groups is 3. The largest absolute Gasteiger partial charge is 0.465 e. The summed E-state index contributed by atoms with van der Waals surface area (Å²) in [6.45, 7) is 3.48. The molecule has 1 amide bonds. The van der Waals surface area contributed by atoms with Crippen molar-refractivity contribution in [3.8, 4) is 0 Å². The molecule has 0 aliphatic carbocycles. The van der Waals surface area contributed by atoms with Crippen molar-refractivity contribution in [3.63, 3.8) is 0 Å². The normalized spacial score (nSPS) is 10.2. The van der Waals surface area contributed by atoms with Crippen LogP contribution in [-0.2, 0) is 9.47 Å². The van der Waals surface area contributed by atoms with Gasteiger partial charge in [0.25, 0.3) is 5.91 Å². The minimum absolute atomic E-state index is 0.163. The average Bonchev–Trinajstić information content (AvgIpc) is 2.90. The molecule has 1 N–H and O–H groups in total. The number of anilines is 1. The lowest BCUT2D eigenvalue weighted by Crippen LogP contribution is -2.15. The second-order valence-corrected chi connectivity index (χ2v) is 6.87. The molecular formula is C17H16BrNO5S. The molecule has 0 saturated heterocycles. The highest BCUT2D eigenvalue weighted by atomic mass is 79.9. The zero-order valence-corrected chi connectivity index (χ0v) is 16.2. The van der Waals surface area contributed by atoms with Gasteiger partial charge < -0.3 is 14.8 Å². The van der Waals surface area contributed by atoms with Crippen LogP contribution >= 0.6 is 27.3 Å². The van der Waals surface area contributed by atoms with Gasteiger partial charge in [-0.05, 0) is 37.6 Å². The molecule has 0 radical (unpaired) electrons. The van der Waals surface area contributed by atoms with E-state index in [0.717, 1.165) is 15.8 Å². The predicted octanol–water partition coefficient (Wildman–Crippen LogP) is 4.03. The lowest BCUT2D eigenvalue weighted by molar-refractivity contribution is 0.0527. The van der Waals surface area contributed by atoms with Gasteiger partial charge in [0.2, 0.25) is 0 Å². The van der Waals surface area contributed by atoms with Crippen LogP contribution in [0.5, 0.6) is 0 Å². The summed E-state index contributed by atoms with van der Waals surface area (Å²) in [5.74, 6) is -1.57. The molecule has 0 atom stereocenters. The van der Waals surface area contributed by atoms with E-state index in [4.69, 9.17) is 9.47 Å². The topological polar surface area (TPSA) is 81.7 Å². The standard InChI is InChI=1S/C17H16BrNO5S/c1-4-24-16(21)12-9(2)13(17(22)23-3)25-15(12)19-14(20)10-6-5-7-11(18)8-10/h5-8H,4H2,1-3H3,(H,19,20). The Bertz CT molecular complexity index is 830. The second-order valence-electron chi connectivity index (χ2n) is 4.94. The van der Waals surface area contributed by atoms with Crippen molar-refractivity contribution in [2.24, 2.45) is 0 Å². The van der Waals surface area contributed by atoms with Crippen LogP contribution in [0.25, 0.3) is 0 Å². The van der Waals surface area contributed by atoms with Gasteiger partial charge in [0.15, 0.2) is 0 Å². The van der Waals surface area contributed by atoms with Gasteiger partial charge in [-0.3, -0.25) is 4.79 Å². The van der Waals surface area contributed by atoms with Gasteiger partial charge in [-0.2, -0.15) is 0 Å². The van der Waals surface area contributed by atoms with Gasteiger partial charge >= 0.3 is 11.9 Å². The van der Waals surface area contributed by atoms with Crippen molar-refractivity contribution in [2.45, 2.75) is 13.8 Å². The summed E-state index contributed by atoms with van der Waals surface area (Å²) in [7, 11) is 1.26. The van der Waals surface area contributed by atoms with Crippen LogP contribution in [0.3, 0.4) is 0 Å². The number of esters is 2. The zero-order valence-electron chi connectivity index (χ0n) is 13.8. The quantitative estimate of drug-likeness (QED) is 0.730. The summed E-state index contributed by atoms with van der Waals surface area (Å²) >= 11 is 4.29. The molecule has 0 spiro atoms. The number of thiophene rings is 1. The van der Waals surface area contributed by atoms with Gasteiger partial charge in [0.05, 0.1) is 19.3 Å². The van der Waals surface area contributed by atoms with Gasteiger partial charge in [-0.1, -0.05) is 22.0 Å². The Morgan fingerprint density at radius 2 is 1.96 bits per heavy atom. The number of carbonyl (C=O) groups excluding carboxylic acids is 3. The Morgan fingerprint density at radius 1 is 1.24 bits per heavy atom. The summed E-state index contributed by atoms with van der Waals surface area (Å²) in [5, 5.41) is 2.93. The van der Waals surface area contributed by atoms with E-state index in [1.165, 1.54) is 7.11 Å². The molecule has 0 aliphatic heterocycles. The number of methoxy groups -OCH3 is 1. The van der Waals surface area contributed by atoms with Crippen LogP contribution < -0.4 is 5.32 Å². The Hall–Kier alpha value is -2.19. The number of amides is 1. The van der Waals surface area contributed by atoms with Crippen LogP contribution in [0.1, 0.15) is 42.9 Å². The minimum Gasteiger partial charge on any atom is -0.465 e. The van der Waals surface area contributed by atoms with E-state index >= 15 is 0 Å². The van der Waals surface area contributed by atoms with E-state index in [1.54, 1.807) is 38.1 Å². The molecule has 0 unspecified atom stereocenters. The van der Waals surface area contributed by atoms with E-state index in [9.17, 15) is 14.4 Å². The molecule has 0 aliphatic rings. The highest BCUT2D eigenvalue weighted by molar-refractivity contribution is 9.10. The fourth-order valence-corrected chi connectivity index (χ4v) is 3.65. The van der Waals surface area contributed by atoms with Crippen LogP contribution in [0, 0.1) is 6.92 Å². The van der Waals surface area contributed by atoms with E-state index in [1.807, 2.05) is 0 Å². The van der Waals surface area contributed by atoms with Gasteiger partial charge in [0, 0.05) is 10.0 Å². The third-order valence-corrected chi connectivity index (χ3v) is 4.99. The van der Waals surface area contributed by atoms with Crippen molar-refractivity contribution >= 4 is 50.1 Å². The first-order valence-electron chi connectivity index (χ1n) is 7.34. The first kappa shape index (κ1) is 19.1. The minimum atomic E-state index is -0.601. The van der Waals surface area contributed by atoms with Gasteiger partial charge in [0.1, 0.15) is 9.88 Å². The molecular weight excluding hydrogens is 410 g/mol. The number of hydrogen-bond donors (Lipinski definition) is 1. The zero-order chi connectivity index (χ0) is 18.6. The molecule has 8 heteroatoms. The fourth-order valence-electron chi connectivity index (χ4n) is 2.14.